The molecule has 7 heteroatoms. The molecule has 0 saturated heterocycles. The molecule has 0 aromatic carbocycles. The molecule has 0 bridgehead atoms. The number of nitrogen functional groups attached to an aromatic ring is 1. The summed E-state index contributed by atoms with van der Waals surface area (Å²) in [6.45, 7) is 2.00. The molecule has 0 aliphatic heterocycles. The lowest BCUT2D eigenvalue weighted by molar-refractivity contribution is 0.399. The average Bonchev–Trinajstić information content (AvgIpc) is 2.78. The molecule has 7 nitrogen and oxygen atoms in total. The number of aryl methyl sites for hydroxylation is 1. The van der Waals surface area contributed by atoms with Crippen molar-refractivity contribution in [2.45, 2.75) is 13.0 Å². The molecule has 1 atom stereocenters. The Morgan fingerprint density at radius 2 is 2.22 bits per heavy atom. The average molecular weight is 248 g/mol. The van der Waals surface area contributed by atoms with E-state index in [2.05, 4.69) is 20.4 Å². The molecule has 2 aromatic heterocycles. The Morgan fingerprint density at radius 3 is 2.83 bits per heavy atom. The lowest BCUT2D eigenvalue weighted by Crippen LogP contribution is -2.10. The van der Waals surface area contributed by atoms with Gasteiger partial charge in [0.2, 0.25) is 5.88 Å². The third-order valence-electron chi connectivity index (χ3n) is 2.62. The van der Waals surface area contributed by atoms with Crippen LogP contribution in [0, 0.1) is 0 Å². The molecule has 0 fully saturated rings. The Hall–Kier alpha value is -2.31. The molecule has 0 spiro atoms. The maximum Gasteiger partial charge on any atom is 0.242 e. The molecule has 0 aliphatic rings. The Labute approximate surface area is 105 Å². The van der Waals surface area contributed by atoms with Crippen molar-refractivity contribution in [3.63, 3.8) is 0 Å². The SMILES string of the molecule is COc1ncnc(NC(C)c2cnn(C)c2)c1N. The van der Waals surface area contributed by atoms with Crippen molar-refractivity contribution in [1.29, 1.82) is 0 Å². The van der Waals surface area contributed by atoms with Crippen LogP contribution in [0.15, 0.2) is 18.7 Å². The normalized spacial score (nSPS) is 12.2. The van der Waals surface area contributed by atoms with Gasteiger partial charge in [-0.3, -0.25) is 4.68 Å². The smallest absolute Gasteiger partial charge is 0.242 e. The summed E-state index contributed by atoms with van der Waals surface area (Å²) in [5, 5.41) is 7.33. The van der Waals surface area contributed by atoms with Crippen LogP contribution in [0.3, 0.4) is 0 Å². The second kappa shape index (κ2) is 4.91. The minimum Gasteiger partial charge on any atom is -0.479 e. The predicted octanol–water partition coefficient (Wildman–Crippen LogP) is 0.974. The summed E-state index contributed by atoms with van der Waals surface area (Å²) in [5.41, 5.74) is 7.34. The lowest BCUT2D eigenvalue weighted by atomic mass is 10.2. The van der Waals surface area contributed by atoms with Gasteiger partial charge in [-0.25, -0.2) is 4.98 Å². The molecule has 0 aliphatic carbocycles. The standard InChI is InChI=1S/C11H16N6O/c1-7(8-4-15-17(2)5-8)16-10-9(12)11(18-3)14-6-13-10/h4-7H,12H2,1-3H3,(H,13,14,16). The topological polar surface area (TPSA) is 90.9 Å². The second-order valence-electron chi connectivity index (χ2n) is 3.96. The van der Waals surface area contributed by atoms with Gasteiger partial charge in [-0.05, 0) is 6.92 Å². The van der Waals surface area contributed by atoms with E-state index < -0.39 is 0 Å². The van der Waals surface area contributed by atoms with Crippen LogP contribution in [0.4, 0.5) is 11.5 Å². The van der Waals surface area contributed by atoms with Crippen molar-refractivity contribution in [2.75, 3.05) is 18.2 Å². The van der Waals surface area contributed by atoms with Gasteiger partial charge in [0.25, 0.3) is 0 Å². The molecule has 3 N–H and O–H groups in total. The van der Waals surface area contributed by atoms with Gasteiger partial charge in [0.1, 0.15) is 12.0 Å². The van der Waals surface area contributed by atoms with Crippen molar-refractivity contribution in [3.05, 3.63) is 24.3 Å². The van der Waals surface area contributed by atoms with Crippen LogP contribution >= 0.6 is 0 Å². The minimum absolute atomic E-state index is 0.0422. The Bertz CT molecular complexity index is 538. The fourth-order valence-electron chi connectivity index (χ4n) is 1.61. The monoisotopic (exact) mass is 248 g/mol. The van der Waals surface area contributed by atoms with Crippen LogP contribution < -0.4 is 15.8 Å². The first-order valence-electron chi connectivity index (χ1n) is 5.51. The van der Waals surface area contributed by atoms with E-state index in [0.717, 1.165) is 5.56 Å². The van der Waals surface area contributed by atoms with Gasteiger partial charge in [-0.15, -0.1) is 0 Å². The molecule has 18 heavy (non-hydrogen) atoms. The molecular weight excluding hydrogens is 232 g/mol. The molecule has 2 heterocycles. The van der Waals surface area contributed by atoms with Crippen molar-refractivity contribution in [3.8, 4) is 5.88 Å². The largest absolute Gasteiger partial charge is 0.479 e. The third-order valence-corrected chi connectivity index (χ3v) is 2.62. The summed E-state index contributed by atoms with van der Waals surface area (Å²) in [6, 6.07) is 0.0422. The molecule has 0 amide bonds. The van der Waals surface area contributed by atoms with Gasteiger partial charge in [-0.2, -0.15) is 10.1 Å². The second-order valence-corrected chi connectivity index (χ2v) is 3.96. The first kappa shape index (κ1) is 12.2. The number of nitrogens with two attached hydrogens (primary N) is 1. The first-order valence-corrected chi connectivity index (χ1v) is 5.51. The molecule has 2 rings (SSSR count). The number of nitrogens with one attached hydrogen (secondary N) is 1. The van der Waals surface area contributed by atoms with Gasteiger partial charge in [0.15, 0.2) is 5.82 Å². The Kier molecular flexibility index (Phi) is 3.31. The third kappa shape index (κ3) is 2.34. The van der Waals surface area contributed by atoms with Gasteiger partial charge in [-0.1, -0.05) is 0 Å². The number of hydrogen-bond donors (Lipinski definition) is 2. The fourth-order valence-corrected chi connectivity index (χ4v) is 1.61. The highest BCUT2D eigenvalue weighted by Crippen LogP contribution is 2.27. The van der Waals surface area contributed by atoms with Gasteiger partial charge >= 0.3 is 0 Å². The number of methoxy groups -OCH3 is 1. The minimum atomic E-state index is 0.0422. The quantitative estimate of drug-likeness (QED) is 0.838. The van der Waals surface area contributed by atoms with Gasteiger partial charge < -0.3 is 15.8 Å². The highest BCUT2D eigenvalue weighted by Gasteiger charge is 2.13. The van der Waals surface area contributed by atoms with E-state index in [9.17, 15) is 0 Å². The highest BCUT2D eigenvalue weighted by atomic mass is 16.5. The zero-order valence-corrected chi connectivity index (χ0v) is 10.6. The van der Waals surface area contributed by atoms with Crippen LogP contribution in [0.2, 0.25) is 0 Å². The fraction of sp³-hybridized carbons (Fsp3) is 0.364. The molecule has 0 saturated carbocycles. The summed E-state index contributed by atoms with van der Waals surface area (Å²) in [4.78, 5) is 8.03. The highest BCUT2D eigenvalue weighted by molar-refractivity contribution is 5.66. The zero-order valence-electron chi connectivity index (χ0n) is 10.6. The van der Waals surface area contributed by atoms with Crippen LogP contribution in [0.5, 0.6) is 5.88 Å². The summed E-state index contributed by atoms with van der Waals surface area (Å²) in [6.07, 6.45) is 5.14. The van der Waals surface area contributed by atoms with Gasteiger partial charge in [0.05, 0.1) is 19.3 Å². The van der Waals surface area contributed by atoms with E-state index in [1.165, 1.54) is 13.4 Å². The summed E-state index contributed by atoms with van der Waals surface area (Å²) in [5.74, 6) is 0.920. The van der Waals surface area contributed by atoms with E-state index in [-0.39, 0.29) is 6.04 Å². The van der Waals surface area contributed by atoms with Gasteiger partial charge in [0, 0.05) is 18.8 Å². The predicted molar refractivity (Wildman–Crippen MR) is 68.2 cm³/mol. The summed E-state index contributed by atoms with van der Waals surface area (Å²) >= 11 is 0. The van der Waals surface area contributed by atoms with E-state index >= 15 is 0 Å². The van der Waals surface area contributed by atoms with Crippen molar-refractivity contribution < 1.29 is 4.74 Å². The number of anilines is 2. The maximum absolute atomic E-state index is 5.89. The number of ether oxygens (including phenoxy) is 1. The Morgan fingerprint density at radius 1 is 1.44 bits per heavy atom. The van der Waals surface area contributed by atoms with Crippen molar-refractivity contribution in [2.24, 2.45) is 7.05 Å². The van der Waals surface area contributed by atoms with Crippen molar-refractivity contribution >= 4 is 11.5 Å². The molecular formula is C11H16N6O. The van der Waals surface area contributed by atoms with Crippen LogP contribution in [-0.4, -0.2) is 26.9 Å². The zero-order chi connectivity index (χ0) is 13.1. The first-order chi connectivity index (χ1) is 8.61. The van der Waals surface area contributed by atoms with Crippen LogP contribution in [0.1, 0.15) is 18.5 Å². The number of aromatic nitrogens is 4. The van der Waals surface area contributed by atoms with Crippen molar-refractivity contribution in [1.82, 2.24) is 19.7 Å². The molecule has 2 aromatic rings. The molecule has 0 radical (unpaired) electrons. The summed E-state index contributed by atoms with van der Waals surface area (Å²) in [7, 11) is 3.39. The summed E-state index contributed by atoms with van der Waals surface area (Å²) < 4.78 is 6.79. The van der Waals surface area contributed by atoms with Crippen LogP contribution in [-0.2, 0) is 7.05 Å². The van der Waals surface area contributed by atoms with E-state index in [4.69, 9.17) is 10.5 Å². The Balaban J connectivity index is 2.19. The molecule has 1 unspecified atom stereocenters. The molecule has 96 valence electrons. The number of hydrogen-bond acceptors (Lipinski definition) is 6. The number of rotatable bonds is 4. The lowest BCUT2D eigenvalue weighted by Gasteiger charge is -2.15. The van der Waals surface area contributed by atoms with Crippen LogP contribution in [0.25, 0.3) is 0 Å². The van der Waals surface area contributed by atoms with E-state index in [1.807, 2.05) is 20.2 Å². The van der Waals surface area contributed by atoms with E-state index in [0.29, 0.717) is 17.4 Å². The van der Waals surface area contributed by atoms with E-state index in [1.54, 1.807) is 10.9 Å². The maximum atomic E-state index is 5.89. The number of nitrogens with zero attached hydrogens (tertiary/aromatic N) is 4.